The molecule has 43 heavy (non-hydrogen) atoms. The second-order valence-corrected chi connectivity index (χ2v) is 21.9. The predicted octanol–water partition coefficient (Wildman–Crippen LogP) is 9.61. The van der Waals surface area contributed by atoms with Gasteiger partial charge in [0.15, 0.2) is 0 Å². The summed E-state index contributed by atoms with van der Waals surface area (Å²) < 4.78 is 18.0. The van der Waals surface area contributed by atoms with Gasteiger partial charge in [0, 0.05) is 26.3 Å². The van der Waals surface area contributed by atoms with E-state index in [4.69, 9.17) is 2.74 Å². The van der Waals surface area contributed by atoms with E-state index in [-0.39, 0.29) is 32.2 Å². The Morgan fingerprint density at radius 3 is 2.09 bits per heavy atom. The molecule has 0 saturated heterocycles. The van der Waals surface area contributed by atoms with Crippen molar-refractivity contribution < 1.29 is 22.8 Å². The Kier molecular flexibility index (Phi) is 8.83. The van der Waals surface area contributed by atoms with Gasteiger partial charge >= 0.3 is 135 Å². The third-order valence-corrected chi connectivity index (χ3v) is 11.5. The van der Waals surface area contributed by atoms with E-state index in [2.05, 4.69) is 94.1 Å². The van der Waals surface area contributed by atoms with Crippen LogP contribution in [0.15, 0.2) is 140 Å². The van der Waals surface area contributed by atoms with Crippen LogP contribution in [0.4, 0.5) is 0 Å². The first-order valence-electron chi connectivity index (χ1n) is 15.1. The quantitative estimate of drug-likeness (QED) is 0.101. The Labute approximate surface area is 273 Å². The van der Waals surface area contributed by atoms with Crippen molar-refractivity contribution in [3.8, 4) is 33.6 Å². The van der Waals surface area contributed by atoms with E-state index in [0.717, 1.165) is 44.1 Å². The van der Waals surface area contributed by atoms with Gasteiger partial charge in [-0.3, -0.25) is 0 Å². The molecule has 0 bridgehead atoms. The molecule has 7 aromatic rings. The fourth-order valence-electron chi connectivity index (χ4n) is 4.87. The summed E-state index contributed by atoms with van der Waals surface area (Å²) in [6.45, 7) is 0. The maximum absolute atomic E-state index is 8.31. The summed E-state index contributed by atoms with van der Waals surface area (Å²) >= 11 is -1.79. The van der Waals surface area contributed by atoms with Gasteiger partial charge in [0.2, 0.25) is 0 Å². The second kappa shape index (κ2) is 13.6. The van der Waals surface area contributed by atoms with Crippen LogP contribution in [0, 0.1) is 12.1 Å². The molecule has 0 N–H and O–H groups in total. The van der Waals surface area contributed by atoms with Crippen molar-refractivity contribution in [2.45, 2.75) is 17.3 Å². The molecule has 0 aliphatic carbocycles. The third-order valence-electron chi connectivity index (χ3n) is 7.25. The molecule has 0 amide bonds. The van der Waals surface area contributed by atoms with Crippen LogP contribution >= 0.6 is 0 Å². The van der Waals surface area contributed by atoms with Crippen LogP contribution in [0.25, 0.3) is 55.2 Å². The molecule has 2 nitrogen and oxygen atoms in total. The summed E-state index contributed by atoms with van der Waals surface area (Å²) in [5, 5.41) is 3.51. The first-order valence-corrected chi connectivity index (χ1v) is 21.4. The normalized spacial score (nSPS) is 11.6. The van der Waals surface area contributed by atoms with E-state index >= 15 is 0 Å². The van der Waals surface area contributed by atoms with Gasteiger partial charge in [-0.25, -0.2) is 0 Å². The average molecular weight is 796 g/mol. The number of benzene rings is 5. The van der Waals surface area contributed by atoms with Gasteiger partial charge in [-0.2, -0.15) is 0 Å². The molecule has 0 unspecified atom stereocenters. The zero-order chi connectivity index (χ0) is 30.7. The van der Waals surface area contributed by atoms with Gasteiger partial charge in [0.25, 0.3) is 0 Å². The van der Waals surface area contributed by atoms with E-state index in [1.165, 1.54) is 15.5 Å². The summed E-state index contributed by atoms with van der Waals surface area (Å²) in [4.78, 5) is 9.00. The number of hydrogen-bond acceptors (Lipinski definition) is 2. The summed E-state index contributed by atoms with van der Waals surface area (Å²) in [5.74, 6) is 7.16. The molecule has 7 rings (SSSR count). The standard InChI is InChI=1S/C20H20GeN.C19H12N.Ir/c1-21(2,3)19-12-13-20(22-15-19)18-11-7-10-17(14-18)16-8-5-4-6-9-16;1-2-6-17-14(5-1)8-9-15-13-16(10-11-18(15)17)19-7-3-4-12-20-19;/h4-10,12-15H,1-3H3;1-9,11-13H;/q2*-1;/i;8D,9D;. The minimum atomic E-state index is -1.79. The van der Waals surface area contributed by atoms with Crippen molar-refractivity contribution >= 4 is 39.2 Å². The molecular formula is C39H32GeIrN2-2. The summed E-state index contributed by atoms with van der Waals surface area (Å²) in [6, 6.07) is 45.4. The van der Waals surface area contributed by atoms with Crippen molar-refractivity contribution in [1.29, 1.82) is 0 Å². The first kappa shape index (κ1) is 27.9. The Balaban J connectivity index is 0.000000174. The Morgan fingerprint density at radius 2 is 1.35 bits per heavy atom. The molecule has 0 aliphatic rings. The SMILES string of the molecule is [2H]c1c([2H])c2ccccc2c2c[c-]c(-c3ccccn3)cc12.[CH3][Ge]([CH3])([CH3])[c]1ccc(-c2[c-]ccc(-c3ccccc3)c2)nc1.[Ir]. The Hall–Kier alpha value is -3.89. The largest absolute Gasteiger partial charge is 0 e. The molecule has 5 aromatic carbocycles. The number of pyridine rings is 2. The van der Waals surface area contributed by atoms with Gasteiger partial charge < -0.3 is 4.98 Å². The van der Waals surface area contributed by atoms with Gasteiger partial charge in [-0.05, 0) is 17.1 Å². The molecule has 4 heteroatoms. The first-order chi connectivity index (χ1) is 21.3. The maximum atomic E-state index is 8.31. The number of rotatable bonds is 4. The number of nitrogens with zero attached hydrogens (tertiary/aromatic N) is 2. The van der Waals surface area contributed by atoms with Crippen molar-refractivity contribution in [3.63, 3.8) is 0 Å². The average Bonchev–Trinajstić information content (AvgIpc) is 3.08. The Morgan fingerprint density at radius 1 is 0.628 bits per heavy atom. The van der Waals surface area contributed by atoms with Crippen molar-refractivity contribution in [2.75, 3.05) is 0 Å². The van der Waals surface area contributed by atoms with Gasteiger partial charge in [0.1, 0.15) is 0 Å². The van der Waals surface area contributed by atoms with E-state index in [9.17, 15) is 0 Å². The Bertz CT molecular complexity index is 2060. The molecule has 0 aliphatic heterocycles. The smallest absolute Gasteiger partial charge is 0 e. The van der Waals surface area contributed by atoms with Gasteiger partial charge in [-0.15, -0.1) is 29.1 Å². The van der Waals surface area contributed by atoms with E-state index in [1.807, 2.05) is 66.7 Å². The van der Waals surface area contributed by atoms with Crippen LogP contribution in [-0.2, 0) is 20.1 Å². The second-order valence-electron chi connectivity index (χ2n) is 11.2. The van der Waals surface area contributed by atoms with E-state index < -0.39 is 13.3 Å². The molecule has 2 heterocycles. The van der Waals surface area contributed by atoms with Crippen LogP contribution in [0.5, 0.6) is 0 Å². The van der Waals surface area contributed by atoms with E-state index in [1.54, 1.807) is 6.20 Å². The summed E-state index contributed by atoms with van der Waals surface area (Å²) in [7, 11) is 0. The van der Waals surface area contributed by atoms with Crippen molar-refractivity contribution in [2.24, 2.45) is 0 Å². The zero-order valence-electron chi connectivity index (χ0n) is 26.4. The van der Waals surface area contributed by atoms with Crippen LogP contribution in [0.3, 0.4) is 0 Å². The summed E-state index contributed by atoms with van der Waals surface area (Å²) in [5.41, 5.74) is 6.13. The maximum Gasteiger partial charge on any atom is 0 e. The molecule has 0 spiro atoms. The third kappa shape index (κ3) is 7.20. The number of hydrogen-bond donors (Lipinski definition) is 0. The number of fused-ring (bicyclic) bond motifs is 3. The fourth-order valence-corrected chi connectivity index (χ4v) is 7.04. The molecular weight excluding hydrogens is 761 g/mol. The number of aromatic nitrogens is 2. The van der Waals surface area contributed by atoms with Gasteiger partial charge in [0.05, 0.1) is 2.74 Å². The van der Waals surface area contributed by atoms with E-state index in [0.29, 0.717) is 0 Å². The van der Waals surface area contributed by atoms with Crippen molar-refractivity contribution in [3.05, 3.63) is 152 Å². The summed E-state index contributed by atoms with van der Waals surface area (Å²) in [6.07, 6.45) is 3.80. The van der Waals surface area contributed by atoms with Gasteiger partial charge in [-0.1, -0.05) is 59.3 Å². The fraction of sp³-hybridized carbons (Fsp3) is 0.0769. The molecule has 2 aromatic heterocycles. The predicted molar refractivity (Wildman–Crippen MR) is 180 cm³/mol. The monoisotopic (exact) mass is 797 g/mol. The van der Waals surface area contributed by atoms with Crippen LogP contribution < -0.4 is 4.40 Å². The van der Waals surface area contributed by atoms with Crippen molar-refractivity contribution in [1.82, 2.24) is 9.97 Å². The molecule has 0 fully saturated rings. The minimum Gasteiger partial charge on any atom is 0 e. The topological polar surface area (TPSA) is 25.8 Å². The molecule has 0 saturated carbocycles. The molecule has 213 valence electrons. The van der Waals surface area contributed by atoms with Crippen LogP contribution in [0.2, 0.25) is 17.3 Å². The van der Waals surface area contributed by atoms with Crippen LogP contribution in [0.1, 0.15) is 2.74 Å². The molecule has 1 radical (unpaired) electrons. The minimum absolute atomic E-state index is 0. The zero-order valence-corrected chi connectivity index (χ0v) is 28.8. The molecule has 0 atom stereocenters. The van der Waals surface area contributed by atoms with Crippen LogP contribution in [-0.4, -0.2) is 23.2 Å².